The van der Waals surface area contributed by atoms with Gasteiger partial charge in [-0.1, -0.05) is 0 Å². The Kier molecular flexibility index (Phi) is 2.93. The summed E-state index contributed by atoms with van der Waals surface area (Å²) in [7, 11) is 0. The highest BCUT2D eigenvalue weighted by atomic mass is 19.3. The number of nitrogens with zero attached hydrogens (tertiary/aromatic N) is 2. The summed E-state index contributed by atoms with van der Waals surface area (Å²) >= 11 is 0. The van der Waals surface area contributed by atoms with E-state index in [0.717, 1.165) is 13.1 Å². The highest BCUT2D eigenvalue weighted by Crippen LogP contribution is 2.14. The van der Waals surface area contributed by atoms with Crippen LogP contribution < -0.4 is 5.32 Å². The molecule has 14 heavy (non-hydrogen) atoms. The molecule has 0 amide bonds. The van der Waals surface area contributed by atoms with Crippen molar-refractivity contribution < 1.29 is 13.2 Å². The molecular formula is C8H10F3N3. The lowest BCUT2D eigenvalue weighted by Crippen LogP contribution is -2.24. The van der Waals surface area contributed by atoms with Gasteiger partial charge in [-0.2, -0.15) is 0 Å². The van der Waals surface area contributed by atoms with E-state index in [0.29, 0.717) is 5.82 Å². The first kappa shape index (κ1) is 10.7. The summed E-state index contributed by atoms with van der Waals surface area (Å²) in [5.74, 6) is -3.50. The summed E-state index contributed by atoms with van der Waals surface area (Å²) in [5, 5.41) is 2.22. The number of anilines is 1. The quantitative estimate of drug-likeness (QED) is 0.820. The van der Waals surface area contributed by atoms with Gasteiger partial charge in [0.05, 0.1) is 12.7 Å². The van der Waals surface area contributed by atoms with Crippen LogP contribution in [0.25, 0.3) is 0 Å². The number of rotatable bonds is 3. The van der Waals surface area contributed by atoms with Crippen LogP contribution in [0.15, 0.2) is 6.20 Å². The molecule has 1 aromatic rings. The zero-order chi connectivity index (χ0) is 10.8. The first-order valence-corrected chi connectivity index (χ1v) is 3.99. The third-order valence-electron chi connectivity index (χ3n) is 1.43. The Hall–Kier alpha value is -1.33. The van der Waals surface area contributed by atoms with E-state index < -0.39 is 18.3 Å². The van der Waals surface area contributed by atoms with Gasteiger partial charge in [0, 0.05) is 6.92 Å². The maximum absolute atomic E-state index is 12.9. The third kappa shape index (κ3) is 3.20. The van der Waals surface area contributed by atoms with Gasteiger partial charge in [-0.3, -0.25) is 0 Å². The van der Waals surface area contributed by atoms with Gasteiger partial charge >= 0.3 is 0 Å². The molecule has 0 aromatic carbocycles. The van der Waals surface area contributed by atoms with E-state index in [1.54, 1.807) is 6.92 Å². The number of hydrogen-bond donors (Lipinski definition) is 1. The van der Waals surface area contributed by atoms with Crippen LogP contribution in [0, 0.1) is 12.7 Å². The first-order chi connectivity index (χ1) is 6.38. The molecule has 0 radical (unpaired) electrons. The SMILES string of the molecule is Cc1ncc(F)c(NCC(C)(F)F)n1. The summed E-state index contributed by atoms with van der Waals surface area (Å²) in [4.78, 5) is 7.22. The lowest BCUT2D eigenvalue weighted by Gasteiger charge is -2.12. The normalized spacial score (nSPS) is 11.5. The molecule has 0 aliphatic rings. The van der Waals surface area contributed by atoms with Crippen molar-refractivity contribution in [3.63, 3.8) is 0 Å². The minimum absolute atomic E-state index is 0.195. The summed E-state index contributed by atoms with van der Waals surface area (Å²) in [6.45, 7) is 1.64. The van der Waals surface area contributed by atoms with E-state index >= 15 is 0 Å². The third-order valence-corrected chi connectivity index (χ3v) is 1.43. The van der Waals surface area contributed by atoms with E-state index in [-0.39, 0.29) is 5.82 Å². The number of aromatic nitrogens is 2. The van der Waals surface area contributed by atoms with Crippen molar-refractivity contribution in [3.8, 4) is 0 Å². The van der Waals surface area contributed by atoms with Crippen LogP contribution in [-0.2, 0) is 0 Å². The van der Waals surface area contributed by atoms with Crippen molar-refractivity contribution in [1.82, 2.24) is 9.97 Å². The van der Waals surface area contributed by atoms with Gasteiger partial charge in [-0.15, -0.1) is 0 Å². The molecule has 0 unspecified atom stereocenters. The molecule has 6 heteroatoms. The summed E-state index contributed by atoms with van der Waals surface area (Å²) < 4.78 is 37.7. The van der Waals surface area contributed by atoms with Crippen molar-refractivity contribution in [2.45, 2.75) is 19.8 Å². The van der Waals surface area contributed by atoms with Gasteiger partial charge in [0.25, 0.3) is 5.92 Å². The molecule has 0 saturated heterocycles. The summed E-state index contributed by atoms with van der Waals surface area (Å²) in [6, 6.07) is 0. The van der Waals surface area contributed by atoms with Crippen LogP contribution in [0.1, 0.15) is 12.7 Å². The van der Waals surface area contributed by atoms with Crippen molar-refractivity contribution in [2.75, 3.05) is 11.9 Å². The zero-order valence-electron chi connectivity index (χ0n) is 7.81. The Morgan fingerprint density at radius 3 is 2.71 bits per heavy atom. The van der Waals surface area contributed by atoms with Crippen LogP contribution in [0.5, 0.6) is 0 Å². The number of halogens is 3. The van der Waals surface area contributed by atoms with Crippen LogP contribution in [-0.4, -0.2) is 22.4 Å². The monoisotopic (exact) mass is 205 g/mol. The molecule has 0 fully saturated rings. The van der Waals surface area contributed by atoms with Crippen LogP contribution in [0.3, 0.4) is 0 Å². The van der Waals surface area contributed by atoms with Crippen molar-refractivity contribution in [3.05, 3.63) is 17.8 Å². The summed E-state index contributed by atoms with van der Waals surface area (Å²) in [5.41, 5.74) is 0. The molecular weight excluding hydrogens is 195 g/mol. The Bertz CT molecular complexity index is 322. The fourth-order valence-electron chi connectivity index (χ4n) is 0.818. The van der Waals surface area contributed by atoms with Gasteiger partial charge in [0.2, 0.25) is 0 Å². The fourth-order valence-corrected chi connectivity index (χ4v) is 0.818. The van der Waals surface area contributed by atoms with Crippen LogP contribution in [0.4, 0.5) is 19.0 Å². The topological polar surface area (TPSA) is 37.8 Å². The highest BCUT2D eigenvalue weighted by Gasteiger charge is 2.21. The lowest BCUT2D eigenvalue weighted by atomic mass is 10.4. The van der Waals surface area contributed by atoms with Gasteiger partial charge in [0.15, 0.2) is 11.6 Å². The van der Waals surface area contributed by atoms with Gasteiger partial charge in [-0.25, -0.2) is 23.1 Å². The number of aryl methyl sites for hydroxylation is 1. The smallest absolute Gasteiger partial charge is 0.262 e. The number of alkyl halides is 2. The second kappa shape index (κ2) is 3.81. The molecule has 3 nitrogen and oxygen atoms in total. The molecule has 0 atom stereocenters. The number of hydrogen-bond acceptors (Lipinski definition) is 3. The Balaban J connectivity index is 2.72. The van der Waals surface area contributed by atoms with Gasteiger partial charge in [-0.05, 0) is 6.92 Å². The number of nitrogens with one attached hydrogen (secondary N) is 1. The maximum atomic E-state index is 12.9. The average molecular weight is 205 g/mol. The second-order valence-corrected chi connectivity index (χ2v) is 3.04. The van der Waals surface area contributed by atoms with E-state index in [2.05, 4.69) is 15.3 Å². The minimum atomic E-state index is -2.90. The molecule has 0 aliphatic heterocycles. The van der Waals surface area contributed by atoms with E-state index in [1.165, 1.54) is 0 Å². The molecule has 78 valence electrons. The van der Waals surface area contributed by atoms with E-state index in [1.807, 2.05) is 0 Å². The molecule has 0 bridgehead atoms. The molecule has 1 heterocycles. The summed E-state index contributed by atoms with van der Waals surface area (Å²) in [6.07, 6.45) is 0.943. The predicted molar refractivity (Wildman–Crippen MR) is 45.8 cm³/mol. The maximum Gasteiger partial charge on any atom is 0.262 e. The Morgan fingerprint density at radius 1 is 1.50 bits per heavy atom. The molecule has 1 aromatic heterocycles. The van der Waals surface area contributed by atoms with Gasteiger partial charge < -0.3 is 5.32 Å². The molecule has 1 rings (SSSR count). The van der Waals surface area contributed by atoms with Crippen LogP contribution in [0.2, 0.25) is 0 Å². The van der Waals surface area contributed by atoms with Gasteiger partial charge in [0.1, 0.15) is 5.82 Å². The Morgan fingerprint density at radius 2 is 2.14 bits per heavy atom. The average Bonchev–Trinajstić information content (AvgIpc) is 2.05. The van der Waals surface area contributed by atoms with Crippen molar-refractivity contribution in [1.29, 1.82) is 0 Å². The molecule has 0 spiro atoms. The fraction of sp³-hybridized carbons (Fsp3) is 0.500. The molecule has 1 N–H and O–H groups in total. The lowest BCUT2D eigenvalue weighted by molar-refractivity contribution is 0.0366. The minimum Gasteiger partial charge on any atom is -0.361 e. The largest absolute Gasteiger partial charge is 0.361 e. The highest BCUT2D eigenvalue weighted by molar-refractivity contribution is 5.35. The zero-order valence-corrected chi connectivity index (χ0v) is 7.81. The molecule has 0 saturated carbocycles. The van der Waals surface area contributed by atoms with Crippen molar-refractivity contribution in [2.24, 2.45) is 0 Å². The Labute approximate surface area is 79.4 Å². The van der Waals surface area contributed by atoms with E-state index in [9.17, 15) is 13.2 Å². The van der Waals surface area contributed by atoms with E-state index in [4.69, 9.17) is 0 Å². The van der Waals surface area contributed by atoms with Crippen LogP contribution >= 0.6 is 0 Å². The standard InChI is InChI=1S/C8H10F3N3/c1-5-12-3-6(9)7(14-5)13-4-8(2,10)11/h3H,4H2,1-2H3,(H,12,13,14). The van der Waals surface area contributed by atoms with Crippen molar-refractivity contribution >= 4 is 5.82 Å². The first-order valence-electron chi connectivity index (χ1n) is 3.99. The second-order valence-electron chi connectivity index (χ2n) is 3.04. The molecule has 0 aliphatic carbocycles. The predicted octanol–water partition coefficient (Wildman–Crippen LogP) is 1.99.